The smallest absolute Gasteiger partial charge is 0.292 e. The summed E-state index contributed by atoms with van der Waals surface area (Å²) in [4.78, 5) is 15.4. The second kappa shape index (κ2) is 6.66. The van der Waals surface area contributed by atoms with E-state index < -0.39 is 0 Å². The zero-order valence-corrected chi connectivity index (χ0v) is 16.2. The van der Waals surface area contributed by atoms with Crippen molar-refractivity contribution in [3.63, 3.8) is 0 Å². The van der Waals surface area contributed by atoms with Gasteiger partial charge in [0.1, 0.15) is 5.69 Å². The van der Waals surface area contributed by atoms with E-state index >= 15 is 0 Å². The monoisotopic (exact) mass is 371 g/mol. The van der Waals surface area contributed by atoms with Crippen LogP contribution in [0.25, 0.3) is 0 Å². The second-order valence-electron chi connectivity index (χ2n) is 9.50. The number of hydrogen-bond donors (Lipinski definition) is 2. The average Bonchev–Trinajstić information content (AvgIpc) is 2.64. The Kier molecular flexibility index (Phi) is 4.26. The number of quaternary nitrogens is 1. The summed E-state index contributed by atoms with van der Waals surface area (Å²) in [6.45, 7) is 4.27. The number of nitro groups is 1. The Balaban J connectivity index is 1.40. The third kappa shape index (κ3) is 3.18. The number of piperazine rings is 1. The number of likely N-dealkylation sites (N-methyl/N-ethyl adjacent to an activating group) is 1. The van der Waals surface area contributed by atoms with E-state index in [0.717, 1.165) is 49.4 Å². The molecule has 6 heteroatoms. The normalized spacial score (nSPS) is 35.4. The van der Waals surface area contributed by atoms with Gasteiger partial charge in [0.15, 0.2) is 0 Å². The molecule has 1 aliphatic heterocycles. The van der Waals surface area contributed by atoms with E-state index in [-0.39, 0.29) is 10.6 Å². The molecule has 1 saturated heterocycles. The number of rotatable bonds is 4. The third-order valence-corrected chi connectivity index (χ3v) is 7.71. The highest BCUT2D eigenvalue weighted by atomic mass is 16.6. The van der Waals surface area contributed by atoms with Crippen molar-refractivity contribution in [2.75, 3.05) is 43.4 Å². The van der Waals surface area contributed by atoms with Gasteiger partial charge in [0.2, 0.25) is 0 Å². The molecule has 0 aromatic heterocycles. The van der Waals surface area contributed by atoms with E-state index in [1.54, 1.807) is 11.0 Å². The highest BCUT2D eigenvalue weighted by molar-refractivity contribution is 5.69. The maximum atomic E-state index is 11.6. The van der Waals surface area contributed by atoms with Crippen molar-refractivity contribution < 1.29 is 9.82 Å². The van der Waals surface area contributed by atoms with Crippen LogP contribution in [0.4, 0.5) is 17.1 Å². The van der Waals surface area contributed by atoms with Crippen LogP contribution in [0.5, 0.6) is 0 Å². The molecule has 5 fully saturated rings. The van der Waals surface area contributed by atoms with Crippen LogP contribution in [0.2, 0.25) is 0 Å². The van der Waals surface area contributed by atoms with Crippen LogP contribution in [-0.2, 0) is 0 Å². The average molecular weight is 372 g/mol. The van der Waals surface area contributed by atoms with Crippen LogP contribution in [0.3, 0.4) is 0 Å². The maximum Gasteiger partial charge on any atom is 0.292 e. The molecule has 0 atom stereocenters. The molecule has 1 aromatic carbocycles. The summed E-state index contributed by atoms with van der Waals surface area (Å²) in [5, 5.41) is 15.3. The fourth-order valence-electron chi connectivity index (χ4n) is 6.48. The predicted octanol–water partition coefficient (Wildman–Crippen LogP) is 2.17. The van der Waals surface area contributed by atoms with E-state index in [2.05, 4.69) is 17.3 Å². The summed E-state index contributed by atoms with van der Waals surface area (Å²) in [6.07, 6.45) is 6.71. The van der Waals surface area contributed by atoms with Gasteiger partial charge in [0.25, 0.3) is 5.69 Å². The van der Waals surface area contributed by atoms with Crippen LogP contribution < -0.4 is 15.1 Å². The summed E-state index contributed by atoms with van der Waals surface area (Å²) in [5.74, 6) is 3.24. The minimum absolute atomic E-state index is 0.226. The summed E-state index contributed by atoms with van der Waals surface area (Å²) >= 11 is 0. The number of hydrogen-bond acceptors (Lipinski definition) is 4. The molecule has 2 N–H and O–H groups in total. The quantitative estimate of drug-likeness (QED) is 0.629. The SMILES string of the molecule is C[NH+]1CCN(c2ccc([N+](=O)[O-])c(NC3C4CC5CC(C4)CC3C5)c2)CC1. The lowest BCUT2D eigenvalue weighted by Gasteiger charge is -2.54. The molecular formula is C21H31N4O2+. The minimum atomic E-state index is -0.226. The molecule has 4 aliphatic carbocycles. The molecule has 5 aliphatic rings. The number of benzene rings is 1. The van der Waals surface area contributed by atoms with Crippen LogP contribution in [0.15, 0.2) is 18.2 Å². The van der Waals surface area contributed by atoms with Crippen molar-refractivity contribution in [2.24, 2.45) is 23.7 Å². The van der Waals surface area contributed by atoms with Crippen LogP contribution >= 0.6 is 0 Å². The van der Waals surface area contributed by atoms with Gasteiger partial charge in [-0.2, -0.15) is 0 Å². The van der Waals surface area contributed by atoms with Crippen molar-refractivity contribution in [1.29, 1.82) is 0 Å². The minimum Gasteiger partial charge on any atom is -0.376 e. The highest BCUT2D eigenvalue weighted by Crippen LogP contribution is 2.54. The third-order valence-electron chi connectivity index (χ3n) is 7.71. The Bertz CT molecular complexity index is 701. The van der Waals surface area contributed by atoms with E-state index in [1.807, 2.05) is 12.1 Å². The van der Waals surface area contributed by atoms with Gasteiger partial charge in [0, 0.05) is 17.8 Å². The van der Waals surface area contributed by atoms with Crippen molar-refractivity contribution >= 4 is 17.1 Å². The van der Waals surface area contributed by atoms with E-state index in [4.69, 9.17) is 0 Å². The van der Waals surface area contributed by atoms with E-state index in [0.29, 0.717) is 17.9 Å². The van der Waals surface area contributed by atoms with Gasteiger partial charge in [-0.15, -0.1) is 0 Å². The first-order valence-electron chi connectivity index (χ1n) is 10.7. The van der Waals surface area contributed by atoms with Gasteiger partial charge in [-0.25, -0.2) is 0 Å². The van der Waals surface area contributed by atoms with E-state index in [9.17, 15) is 10.1 Å². The molecule has 1 heterocycles. The fraction of sp³-hybridized carbons (Fsp3) is 0.714. The number of nitro benzene ring substituents is 1. The van der Waals surface area contributed by atoms with Gasteiger partial charge in [0.05, 0.1) is 38.2 Å². The molecule has 6 nitrogen and oxygen atoms in total. The van der Waals surface area contributed by atoms with Gasteiger partial charge in [-0.1, -0.05) is 0 Å². The summed E-state index contributed by atoms with van der Waals surface area (Å²) in [6, 6.07) is 6.10. The molecule has 1 aromatic rings. The van der Waals surface area contributed by atoms with Crippen LogP contribution in [0, 0.1) is 33.8 Å². The largest absolute Gasteiger partial charge is 0.376 e. The van der Waals surface area contributed by atoms with Crippen molar-refractivity contribution in [1.82, 2.24) is 0 Å². The number of nitrogens with one attached hydrogen (secondary N) is 2. The zero-order valence-electron chi connectivity index (χ0n) is 16.2. The van der Waals surface area contributed by atoms with Crippen molar-refractivity contribution in [3.8, 4) is 0 Å². The lowest BCUT2D eigenvalue weighted by Crippen LogP contribution is -3.12. The van der Waals surface area contributed by atoms with Gasteiger partial charge < -0.3 is 15.1 Å². The summed E-state index contributed by atoms with van der Waals surface area (Å²) < 4.78 is 0. The molecule has 27 heavy (non-hydrogen) atoms. The zero-order chi connectivity index (χ0) is 18.5. The van der Waals surface area contributed by atoms with Crippen molar-refractivity contribution in [2.45, 2.75) is 38.1 Å². The molecule has 4 bridgehead atoms. The molecule has 146 valence electrons. The molecule has 0 spiro atoms. The Labute approximate surface area is 161 Å². The lowest BCUT2D eigenvalue weighted by molar-refractivity contribution is -0.880. The molecule has 6 rings (SSSR count). The molecule has 0 amide bonds. The van der Waals surface area contributed by atoms with Crippen molar-refractivity contribution in [3.05, 3.63) is 28.3 Å². The van der Waals surface area contributed by atoms with Gasteiger partial charge in [-0.05, 0) is 67.9 Å². The fourth-order valence-corrected chi connectivity index (χ4v) is 6.48. The summed E-state index contributed by atoms with van der Waals surface area (Å²) in [7, 11) is 2.23. The Morgan fingerprint density at radius 3 is 2.30 bits per heavy atom. The maximum absolute atomic E-state index is 11.6. The van der Waals surface area contributed by atoms with Gasteiger partial charge >= 0.3 is 0 Å². The Morgan fingerprint density at radius 1 is 1.07 bits per heavy atom. The first kappa shape index (κ1) is 17.3. The first-order chi connectivity index (χ1) is 13.1. The standard InChI is InChI=1S/C21H30N4O2/c1-23-4-6-24(7-5-23)18-2-3-20(25(26)27)19(13-18)22-21-16-9-14-8-15(11-16)12-17(21)10-14/h2-3,13-17,21-22H,4-12H2,1H3/p+1. The predicted molar refractivity (Wildman–Crippen MR) is 106 cm³/mol. The Hall–Kier alpha value is -1.82. The van der Waals surface area contributed by atoms with Crippen LogP contribution in [-0.4, -0.2) is 44.2 Å². The lowest BCUT2D eigenvalue weighted by atomic mass is 9.54. The number of anilines is 2. The molecule has 4 saturated carbocycles. The Morgan fingerprint density at radius 2 is 1.70 bits per heavy atom. The molecular weight excluding hydrogens is 340 g/mol. The summed E-state index contributed by atoms with van der Waals surface area (Å²) in [5.41, 5.74) is 2.09. The van der Waals surface area contributed by atoms with E-state index in [1.165, 1.54) is 32.1 Å². The first-order valence-corrected chi connectivity index (χ1v) is 10.7. The molecule has 0 unspecified atom stereocenters. The van der Waals surface area contributed by atoms with Crippen LogP contribution in [0.1, 0.15) is 32.1 Å². The highest BCUT2D eigenvalue weighted by Gasteiger charge is 2.48. The number of nitrogens with zero attached hydrogens (tertiary/aromatic N) is 2. The topological polar surface area (TPSA) is 62.9 Å². The van der Waals surface area contributed by atoms with Gasteiger partial charge in [-0.3, -0.25) is 10.1 Å². The molecule has 0 radical (unpaired) electrons. The second-order valence-corrected chi connectivity index (χ2v) is 9.50.